The van der Waals surface area contributed by atoms with Crippen LogP contribution in [0.1, 0.15) is 24.8 Å². The van der Waals surface area contributed by atoms with Crippen LogP contribution in [0.15, 0.2) is 42.5 Å². The second-order valence-corrected chi connectivity index (χ2v) is 10.2. The molecule has 0 unspecified atom stereocenters. The van der Waals surface area contributed by atoms with Gasteiger partial charge in [0.2, 0.25) is 5.91 Å². The van der Waals surface area contributed by atoms with Crippen molar-refractivity contribution in [3.8, 4) is 5.75 Å². The molecule has 7 nitrogen and oxygen atoms in total. The van der Waals surface area contributed by atoms with Crippen molar-refractivity contribution in [2.45, 2.75) is 36.8 Å². The van der Waals surface area contributed by atoms with Gasteiger partial charge in [-0.25, -0.2) is 0 Å². The molecule has 2 amide bonds. The highest BCUT2D eigenvalue weighted by Gasteiger charge is 2.69. The van der Waals surface area contributed by atoms with Crippen LogP contribution in [0.3, 0.4) is 0 Å². The fourth-order valence-corrected chi connectivity index (χ4v) is 5.07. The van der Waals surface area contributed by atoms with Crippen LogP contribution in [0.4, 0.5) is 5.69 Å². The van der Waals surface area contributed by atoms with Crippen LogP contribution in [0, 0.1) is 0 Å². The third-order valence-corrected chi connectivity index (χ3v) is 7.03. The first-order valence-corrected chi connectivity index (χ1v) is 12.0. The minimum Gasteiger partial charge on any atom is -0.484 e. The molecule has 2 N–H and O–H groups in total. The topological polar surface area (TPSA) is 79.9 Å². The lowest BCUT2D eigenvalue weighted by Gasteiger charge is -2.70. The number of hydrogen-bond donors (Lipinski definition) is 2. The highest BCUT2D eigenvalue weighted by molar-refractivity contribution is 6.42. The van der Waals surface area contributed by atoms with Crippen molar-refractivity contribution < 1.29 is 19.1 Å². The number of nitrogens with zero attached hydrogens (tertiary/aromatic N) is 1. The molecule has 2 bridgehead atoms. The molecular weight excluding hydrogens is 477 g/mol. The van der Waals surface area contributed by atoms with Crippen molar-refractivity contribution in [2.75, 3.05) is 38.8 Å². The van der Waals surface area contributed by atoms with Crippen LogP contribution < -0.4 is 20.3 Å². The summed E-state index contributed by atoms with van der Waals surface area (Å²) in [5.41, 5.74) is 1.84. The number of carbonyl (C=O) groups is 2. The Balaban J connectivity index is 1.11. The Kier molecular flexibility index (Phi) is 7.26. The summed E-state index contributed by atoms with van der Waals surface area (Å²) in [6.45, 7) is 0.409. The molecule has 0 heterocycles. The van der Waals surface area contributed by atoms with E-state index in [2.05, 4.69) is 33.7 Å². The zero-order chi connectivity index (χ0) is 24.3. The number of rotatable bonds is 11. The molecule has 34 heavy (non-hydrogen) atoms. The maximum absolute atomic E-state index is 12.3. The summed E-state index contributed by atoms with van der Waals surface area (Å²) in [6, 6.07) is 13.1. The van der Waals surface area contributed by atoms with E-state index in [0.29, 0.717) is 22.4 Å². The normalized spacial score (nSPS) is 22.2. The third kappa shape index (κ3) is 5.77. The largest absolute Gasteiger partial charge is 0.484 e. The van der Waals surface area contributed by atoms with E-state index in [0.717, 1.165) is 31.4 Å². The van der Waals surface area contributed by atoms with E-state index in [1.807, 2.05) is 20.2 Å². The van der Waals surface area contributed by atoms with Crippen LogP contribution in [-0.4, -0.2) is 56.8 Å². The summed E-state index contributed by atoms with van der Waals surface area (Å²) in [6.07, 6.45) is 2.92. The fraction of sp³-hybridized carbons (Fsp3) is 0.440. The number of hydrogen-bond acceptors (Lipinski definition) is 5. The molecule has 0 radical (unpaired) electrons. The Morgan fingerprint density at radius 2 is 1.62 bits per heavy atom. The molecule has 3 aliphatic rings. The zero-order valence-electron chi connectivity index (χ0n) is 19.3. The van der Waals surface area contributed by atoms with Gasteiger partial charge in [-0.15, -0.1) is 0 Å². The molecule has 3 saturated carbocycles. The maximum Gasteiger partial charge on any atom is 0.258 e. The first-order valence-electron chi connectivity index (χ1n) is 11.2. The molecule has 0 aromatic heterocycles. The minimum atomic E-state index is -0.246. The van der Waals surface area contributed by atoms with Gasteiger partial charge in [-0.3, -0.25) is 9.59 Å². The van der Waals surface area contributed by atoms with Gasteiger partial charge < -0.3 is 25.0 Å². The van der Waals surface area contributed by atoms with Crippen molar-refractivity contribution in [3.05, 3.63) is 58.1 Å². The van der Waals surface area contributed by atoms with E-state index in [1.165, 1.54) is 5.56 Å². The molecule has 5 rings (SSSR count). The van der Waals surface area contributed by atoms with Gasteiger partial charge in [0.15, 0.2) is 6.61 Å². The summed E-state index contributed by atoms with van der Waals surface area (Å²) in [4.78, 5) is 26.6. The van der Waals surface area contributed by atoms with Gasteiger partial charge in [-0.2, -0.15) is 0 Å². The van der Waals surface area contributed by atoms with Crippen molar-refractivity contribution in [2.24, 2.45) is 0 Å². The Morgan fingerprint density at radius 1 is 0.941 bits per heavy atom. The van der Waals surface area contributed by atoms with Gasteiger partial charge in [-0.05, 0) is 55.5 Å². The average Bonchev–Trinajstić information content (AvgIpc) is 2.75. The standard InChI is InChI=1S/C25H29Cl2N3O4/c1-30(2)18-5-3-4-17(10-18)8-9-33-12-22(31)28-24-14-25(15-24,16-24)29-23(32)13-34-19-6-7-20(26)21(27)11-19/h3-7,10-11H,8-9,12-16H2,1-2H3,(H,28,31)(H,29,32). The first-order chi connectivity index (χ1) is 16.2. The number of nitrogens with one attached hydrogen (secondary N) is 2. The van der Waals surface area contributed by atoms with Gasteiger partial charge >= 0.3 is 0 Å². The molecule has 182 valence electrons. The number of carbonyl (C=O) groups excluding carboxylic acids is 2. The van der Waals surface area contributed by atoms with E-state index in [-0.39, 0.29) is 36.1 Å². The Hall–Kier alpha value is -2.48. The summed E-state index contributed by atoms with van der Waals surface area (Å²) in [5.74, 6) is 0.160. The van der Waals surface area contributed by atoms with Gasteiger partial charge in [0.25, 0.3) is 5.91 Å². The maximum atomic E-state index is 12.3. The molecule has 0 aliphatic heterocycles. The molecule has 9 heteroatoms. The summed E-state index contributed by atoms with van der Waals surface area (Å²) < 4.78 is 11.1. The van der Waals surface area contributed by atoms with Gasteiger partial charge in [0.05, 0.1) is 16.7 Å². The Morgan fingerprint density at radius 3 is 2.26 bits per heavy atom. The van der Waals surface area contributed by atoms with Gasteiger partial charge in [0.1, 0.15) is 12.4 Å². The van der Waals surface area contributed by atoms with Crippen molar-refractivity contribution >= 4 is 40.7 Å². The van der Waals surface area contributed by atoms with E-state index < -0.39 is 0 Å². The molecular formula is C25H29Cl2N3O4. The van der Waals surface area contributed by atoms with Crippen LogP contribution in [0.2, 0.25) is 10.0 Å². The molecule has 3 aliphatic carbocycles. The predicted octanol–water partition coefficient (Wildman–Crippen LogP) is 3.61. The smallest absolute Gasteiger partial charge is 0.258 e. The molecule has 2 aromatic rings. The van der Waals surface area contributed by atoms with E-state index in [4.69, 9.17) is 32.7 Å². The van der Waals surface area contributed by atoms with Crippen LogP contribution >= 0.6 is 23.2 Å². The van der Waals surface area contributed by atoms with Crippen molar-refractivity contribution in [1.29, 1.82) is 0 Å². The lowest BCUT2D eigenvalue weighted by Crippen LogP contribution is -2.84. The Labute approximate surface area is 209 Å². The average molecular weight is 506 g/mol. The van der Waals surface area contributed by atoms with Crippen LogP contribution in [0.25, 0.3) is 0 Å². The third-order valence-electron chi connectivity index (χ3n) is 6.30. The Bertz CT molecular complexity index is 1060. The van der Waals surface area contributed by atoms with Gasteiger partial charge in [-0.1, -0.05) is 35.3 Å². The highest BCUT2D eigenvalue weighted by atomic mass is 35.5. The number of halogens is 2. The second kappa shape index (κ2) is 10.0. The minimum absolute atomic E-state index is 0.0337. The van der Waals surface area contributed by atoms with E-state index >= 15 is 0 Å². The van der Waals surface area contributed by atoms with E-state index in [1.54, 1.807) is 18.2 Å². The molecule has 0 saturated heterocycles. The quantitative estimate of drug-likeness (QED) is 0.456. The highest BCUT2D eigenvalue weighted by Crippen LogP contribution is 2.60. The van der Waals surface area contributed by atoms with Gasteiger partial charge in [0, 0.05) is 36.9 Å². The predicted molar refractivity (Wildman–Crippen MR) is 133 cm³/mol. The number of amides is 2. The molecule has 0 atom stereocenters. The van der Waals surface area contributed by atoms with E-state index in [9.17, 15) is 9.59 Å². The lowest BCUT2D eigenvalue weighted by molar-refractivity contribution is -0.152. The summed E-state index contributed by atoms with van der Waals surface area (Å²) >= 11 is 11.8. The number of benzene rings is 2. The number of ether oxygens (including phenoxy) is 2. The number of anilines is 1. The molecule has 0 spiro atoms. The zero-order valence-corrected chi connectivity index (χ0v) is 20.8. The monoisotopic (exact) mass is 505 g/mol. The SMILES string of the molecule is CN(C)c1cccc(CCOCC(=O)NC23CC(NC(=O)COc4ccc(Cl)c(Cl)c4)(C2)C3)c1. The summed E-state index contributed by atoms with van der Waals surface area (Å²) in [5, 5.41) is 6.90. The van der Waals surface area contributed by atoms with Crippen LogP contribution in [-0.2, 0) is 20.7 Å². The van der Waals surface area contributed by atoms with Crippen molar-refractivity contribution in [1.82, 2.24) is 10.6 Å². The van der Waals surface area contributed by atoms with Crippen molar-refractivity contribution in [3.63, 3.8) is 0 Å². The fourth-order valence-electron chi connectivity index (χ4n) is 4.78. The molecule has 3 fully saturated rings. The lowest BCUT2D eigenvalue weighted by atomic mass is 9.44. The summed E-state index contributed by atoms with van der Waals surface area (Å²) in [7, 11) is 4.01. The second-order valence-electron chi connectivity index (χ2n) is 9.42. The van der Waals surface area contributed by atoms with Crippen LogP contribution in [0.5, 0.6) is 5.75 Å². The molecule has 2 aromatic carbocycles. The first kappa shape index (κ1) is 24.6.